The van der Waals surface area contributed by atoms with Crippen molar-refractivity contribution >= 4 is 55.4 Å². The first-order valence-electron chi connectivity index (χ1n) is 11.6. The fourth-order valence-corrected chi connectivity index (χ4v) is 5.50. The van der Waals surface area contributed by atoms with Crippen LogP contribution in [-0.4, -0.2) is 74.6 Å². The molecule has 34 heavy (non-hydrogen) atoms. The van der Waals surface area contributed by atoms with Crippen LogP contribution in [0.4, 0.5) is 11.4 Å². The van der Waals surface area contributed by atoms with E-state index in [0.29, 0.717) is 26.2 Å². The van der Waals surface area contributed by atoms with E-state index in [-0.39, 0.29) is 12.0 Å². The van der Waals surface area contributed by atoms with E-state index in [4.69, 9.17) is 0 Å². The molecule has 8 nitrogen and oxygen atoms in total. The molecule has 1 aromatic carbocycles. The number of aliphatic hydroxyl groups is 1. The van der Waals surface area contributed by atoms with Crippen molar-refractivity contribution in [3.63, 3.8) is 0 Å². The summed E-state index contributed by atoms with van der Waals surface area (Å²) >= 11 is 1.63. The van der Waals surface area contributed by atoms with Crippen LogP contribution in [0.15, 0.2) is 48.1 Å². The molecule has 3 N–H and O–H groups in total. The molecule has 1 atom stereocenters. The number of aliphatic hydroxyl groups excluding tert-OH is 1. The van der Waals surface area contributed by atoms with Gasteiger partial charge >= 0.3 is 0 Å². The molecule has 5 heterocycles. The summed E-state index contributed by atoms with van der Waals surface area (Å²) in [5.41, 5.74) is 7.97. The van der Waals surface area contributed by atoms with Gasteiger partial charge in [0.15, 0.2) is 0 Å². The molecule has 174 valence electrons. The van der Waals surface area contributed by atoms with Gasteiger partial charge in [0.2, 0.25) is 5.91 Å². The van der Waals surface area contributed by atoms with E-state index < -0.39 is 0 Å². The second-order valence-electron chi connectivity index (χ2n) is 8.96. The molecule has 3 aromatic heterocycles. The van der Waals surface area contributed by atoms with E-state index in [9.17, 15) is 9.90 Å². The minimum absolute atomic E-state index is 0.132. The molecular formula is C25H26N6O2S. The van der Waals surface area contributed by atoms with Crippen LogP contribution in [0.5, 0.6) is 0 Å². The molecule has 0 bridgehead atoms. The van der Waals surface area contributed by atoms with Crippen LogP contribution in [0.2, 0.25) is 0 Å². The molecule has 9 heteroatoms. The van der Waals surface area contributed by atoms with Crippen molar-refractivity contribution in [1.82, 2.24) is 24.8 Å². The normalized spacial score (nSPS) is 19.1. The summed E-state index contributed by atoms with van der Waals surface area (Å²) in [5, 5.41) is 14.3. The van der Waals surface area contributed by atoms with Gasteiger partial charge in [-0.05, 0) is 48.7 Å². The Kier molecular flexibility index (Phi) is 5.52. The molecule has 0 radical (unpaired) electrons. The van der Waals surface area contributed by atoms with Crippen LogP contribution in [0, 0.1) is 0 Å². The third-order valence-corrected chi connectivity index (χ3v) is 7.45. The lowest BCUT2D eigenvalue weighted by Gasteiger charge is -2.28. The fourth-order valence-electron chi connectivity index (χ4n) is 4.78. The zero-order valence-electron chi connectivity index (χ0n) is 18.7. The molecule has 2 aliphatic heterocycles. The predicted octanol–water partition coefficient (Wildman–Crippen LogP) is 3.60. The summed E-state index contributed by atoms with van der Waals surface area (Å²) in [6.07, 6.45) is 5.19. The Morgan fingerprint density at radius 3 is 3.00 bits per heavy atom. The number of anilines is 2. The number of hydrogen-bond acceptors (Lipinski definition) is 7. The van der Waals surface area contributed by atoms with E-state index in [1.165, 1.54) is 5.57 Å². The van der Waals surface area contributed by atoms with Gasteiger partial charge in [-0.3, -0.25) is 9.69 Å². The lowest BCUT2D eigenvalue weighted by Crippen LogP contribution is -2.41. The maximum absolute atomic E-state index is 12.7. The quantitative estimate of drug-likeness (QED) is 0.409. The highest BCUT2D eigenvalue weighted by Gasteiger charge is 2.25. The molecule has 6 rings (SSSR count). The van der Waals surface area contributed by atoms with Crippen molar-refractivity contribution in [2.75, 3.05) is 38.0 Å². The zero-order valence-corrected chi connectivity index (χ0v) is 19.5. The van der Waals surface area contributed by atoms with Gasteiger partial charge in [-0.15, -0.1) is 11.3 Å². The summed E-state index contributed by atoms with van der Waals surface area (Å²) < 4.78 is 1.15. The summed E-state index contributed by atoms with van der Waals surface area (Å²) in [4.78, 5) is 28.9. The number of amides is 1. The Labute approximate surface area is 200 Å². The van der Waals surface area contributed by atoms with Crippen molar-refractivity contribution in [1.29, 1.82) is 0 Å². The van der Waals surface area contributed by atoms with Crippen LogP contribution < -0.4 is 5.32 Å². The van der Waals surface area contributed by atoms with Gasteiger partial charge in [-0.25, -0.2) is 9.97 Å². The summed E-state index contributed by atoms with van der Waals surface area (Å²) in [5.74, 6) is 0.132. The number of carbonyl (C=O) groups is 1. The number of aromatic nitrogens is 3. The number of nitrogens with zero attached hydrogens (tertiary/aromatic N) is 4. The summed E-state index contributed by atoms with van der Waals surface area (Å²) in [6, 6.07) is 10.3. The number of likely N-dealkylation sites (tertiary alicyclic amines) is 1. The number of carbonyl (C=O) groups excluding carboxylic acids is 1. The van der Waals surface area contributed by atoms with E-state index in [1.807, 2.05) is 33.5 Å². The Bertz CT molecular complexity index is 1390. The highest BCUT2D eigenvalue weighted by Crippen LogP contribution is 2.31. The number of benzene rings is 1. The SMILES string of the molecule is O=C(CN1CCC(O)C1)N1CC=C(c2cc3c(Nc4ccc5ncsc5c4)ccnc3[nH]2)CC1. The largest absolute Gasteiger partial charge is 0.392 e. The van der Waals surface area contributed by atoms with Crippen molar-refractivity contribution in [3.8, 4) is 0 Å². The van der Waals surface area contributed by atoms with E-state index in [2.05, 4.69) is 38.5 Å². The molecule has 0 saturated carbocycles. The monoisotopic (exact) mass is 474 g/mol. The van der Waals surface area contributed by atoms with Gasteiger partial charge in [0.05, 0.1) is 34.1 Å². The highest BCUT2D eigenvalue weighted by molar-refractivity contribution is 7.16. The Morgan fingerprint density at radius 2 is 2.18 bits per heavy atom. The first-order chi connectivity index (χ1) is 16.6. The lowest BCUT2D eigenvalue weighted by atomic mass is 10.0. The minimum atomic E-state index is -0.300. The number of fused-ring (bicyclic) bond motifs is 2. The van der Waals surface area contributed by atoms with Crippen LogP contribution in [0.3, 0.4) is 0 Å². The third-order valence-electron chi connectivity index (χ3n) is 6.66. The molecule has 0 spiro atoms. The predicted molar refractivity (Wildman–Crippen MR) is 135 cm³/mol. The molecule has 2 aliphatic rings. The van der Waals surface area contributed by atoms with Gasteiger partial charge in [-0.2, -0.15) is 0 Å². The number of thiazole rings is 1. The number of hydrogen-bond donors (Lipinski definition) is 3. The molecular weight excluding hydrogens is 448 g/mol. The topological polar surface area (TPSA) is 97.4 Å². The lowest BCUT2D eigenvalue weighted by molar-refractivity contribution is -0.131. The second kappa shape index (κ2) is 8.83. The maximum Gasteiger partial charge on any atom is 0.237 e. The zero-order chi connectivity index (χ0) is 23.1. The number of aromatic amines is 1. The number of pyridine rings is 1. The Hall–Kier alpha value is -3.27. The van der Waals surface area contributed by atoms with Gasteiger partial charge in [-0.1, -0.05) is 6.08 Å². The van der Waals surface area contributed by atoms with Crippen LogP contribution in [0.25, 0.3) is 26.8 Å². The number of β-amino-alcohol motifs (C(OH)–C–C–N with tert-alkyl or cyclic N) is 1. The van der Waals surface area contributed by atoms with Crippen molar-refractivity contribution in [2.24, 2.45) is 0 Å². The van der Waals surface area contributed by atoms with E-state index in [1.54, 1.807) is 17.5 Å². The van der Waals surface area contributed by atoms with Crippen LogP contribution in [0.1, 0.15) is 18.5 Å². The fraction of sp³-hybridized carbons (Fsp3) is 0.320. The molecule has 0 aliphatic carbocycles. The van der Waals surface area contributed by atoms with Crippen LogP contribution in [-0.2, 0) is 4.79 Å². The van der Waals surface area contributed by atoms with Crippen molar-refractivity contribution in [2.45, 2.75) is 18.9 Å². The molecule has 4 aromatic rings. The molecule has 1 unspecified atom stereocenters. The molecule has 1 fully saturated rings. The van der Waals surface area contributed by atoms with E-state index >= 15 is 0 Å². The standard InChI is InChI=1S/C25H26N6O2S/c32-18-6-8-30(13-18)14-24(33)31-9-4-16(5-10-31)22-12-19-20(3-7-26-25(19)29-22)28-17-1-2-21-23(11-17)34-15-27-21/h1-4,7,11-12,15,18,32H,5-6,8-10,13-14H2,(H2,26,28,29). The Morgan fingerprint density at radius 1 is 1.24 bits per heavy atom. The van der Waals surface area contributed by atoms with Gasteiger partial charge < -0.3 is 20.3 Å². The smallest absolute Gasteiger partial charge is 0.237 e. The molecule has 1 saturated heterocycles. The summed E-state index contributed by atoms with van der Waals surface area (Å²) in [7, 11) is 0. The average Bonchev–Trinajstić information content (AvgIpc) is 3.59. The average molecular weight is 475 g/mol. The third kappa shape index (κ3) is 4.18. The Balaban J connectivity index is 1.18. The number of rotatable bonds is 5. The van der Waals surface area contributed by atoms with Crippen LogP contribution >= 0.6 is 11.3 Å². The van der Waals surface area contributed by atoms with E-state index in [0.717, 1.165) is 57.7 Å². The first-order valence-corrected chi connectivity index (χ1v) is 12.5. The summed E-state index contributed by atoms with van der Waals surface area (Å²) in [6.45, 7) is 3.07. The first kappa shape index (κ1) is 21.3. The van der Waals surface area contributed by atoms with Crippen molar-refractivity contribution < 1.29 is 9.90 Å². The molecule has 1 amide bonds. The highest BCUT2D eigenvalue weighted by atomic mass is 32.1. The second-order valence-corrected chi connectivity index (χ2v) is 9.85. The van der Waals surface area contributed by atoms with Gasteiger partial charge in [0.25, 0.3) is 0 Å². The van der Waals surface area contributed by atoms with Crippen molar-refractivity contribution in [3.05, 3.63) is 53.8 Å². The van der Waals surface area contributed by atoms with Gasteiger partial charge in [0.1, 0.15) is 5.65 Å². The minimum Gasteiger partial charge on any atom is -0.392 e. The maximum atomic E-state index is 12.7. The number of H-pyrrole nitrogens is 1. The van der Waals surface area contributed by atoms with Gasteiger partial charge in [0, 0.05) is 49.1 Å². The number of nitrogens with one attached hydrogen (secondary N) is 2.